The number of carbonyl (C=O) groups is 1. The Morgan fingerprint density at radius 3 is 2.60 bits per heavy atom. The third-order valence-corrected chi connectivity index (χ3v) is 4.19. The molecule has 1 heterocycles. The first-order chi connectivity index (χ1) is 9.61. The third kappa shape index (κ3) is 3.58. The van der Waals surface area contributed by atoms with Gasteiger partial charge in [0.2, 0.25) is 0 Å². The summed E-state index contributed by atoms with van der Waals surface area (Å²) in [5, 5.41) is 0.538. The van der Waals surface area contributed by atoms with Gasteiger partial charge in [-0.25, -0.2) is 0 Å². The second kappa shape index (κ2) is 6.86. The van der Waals surface area contributed by atoms with Crippen LogP contribution in [-0.4, -0.2) is 22.3 Å². The molecule has 104 valence electrons. The van der Waals surface area contributed by atoms with Crippen LogP contribution in [0.25, 0.3) is 0 Å². The number of nitrogens with zero attached hydrogens (tertiary/aromatic N) is 2. The van der Waals surface area contributed by atoms with E-state index in [2.05, 4.69) is 20.9 Å². The van der Waals surface area contributed by atoms with Crippen LogP contribution in [0, 0.1) is 0 Å². The highest BCUT2D eigenvalue weighted by atomic mass is 79.9. The average molecular weight is 354 g/mol. The van der Waals surface area contributed by atoms with E-state index in [1.54, 1.807) is 35.5 Å². The van der Waals surface area contributed by atoms with Gasteiger partial charge in [-0.2, -0.15) is 0 Å². The van der Waals surface area contributed by atoms with Crippen molar-refractivity contribution in [2.24, 2.45) is 0 Å². The van der Waals surface area contributed by atoms with Gasteiger partial charge in [-0.05, 0) is 58.7 Å². The van der Waals surface area contributed by atoms with E-state index in [4.69, 9.17) is 11.6 Å². The maximum Gasteiger partial charge on any atom is 0.254 e. The average Bonchev–Trinajstić information content (AvgIpc) is 2.48. The fraction of sp³-hybridized carbons (Fsp3) is 0.200. The number of halogens is 2. The van der Waals surface area contributed by atoms with Gasteiger partial charge in [0.05, 0.1) is 5.02 Å². The molecule has 0 fully saturated rings. The zero-order valence-electron chi connectivity index (χ0n) is 11.0. The molecule has 1 amide bonds. The fourth-order valence-corrected chi connectivity index (χ4v) is 2.27. The standard InChI is InChI=1S/C15H14BrClN2O/c1-2-19(10-11-5-7-18-8-6-11)15(20)12-3-4-13(16)14(17)9-12/h3-9H,2,10H2,1H3. The SMILES string of the molecule is CCN(Cc1ccncc1)C(=O)c1ccc(Br)c(Cl)c1. The van der Waals surface area contributed by atoms with Crippen LogP contribution in [0.3, 0.4) is 0 Å². The van der Waals surface area contributed by atoms with Crippen molar-refractivity contribution in [3.05, 3.63) is 63.3 Å². The maximum absolute atomic E-state index is 12.5. The van der Waals surface area contributed by atoms with E-state index in [0.29, 0.717) is 23.7 Å². The van der Waals surface area contributed by atoms with Crippen LogP contribution in [0.5, 0.6) is 0 Å². The molecule has 0 unspecified atom stereocenters. The smallest absolute Gasteiger partial charge is 0.254 e. The van der Waals surface area contributed by atoms with E-state index in [9.17, 15) is 4.79 Å². The van der Waals surface area contributed by atoms with E-state index in [0.717, 1.165) is 10.0 Å². The van der Waals surface area contributed by atoms with Gasteiger partial charge in [0, 0.05) is 35.5 Å². The highest BCUT2D eigenvalue weighted by Gasteiger charge is 2.15. The summed E-state index contributed by atoms with van der Waals surface area (Å²) < 4.78 is 0.785. The molecular formula is C15H14BrClN2O. The molecule has 1 aromatic heterocycles. The van der Waals surface area contributed by atoms with Gasteiger partial charge >= 0.3 is 0 Å². The van der Waals surface area contributed by atoms with Crippen LogP contribution in [0.15, 0.2) is 47.2 Å². The number of benzene rings is 1. The van der Waals surface area contributed by atoms with Crippen molar-refractivity contribution in [1.29, 1.82) is 0 Å². The van der Waals surface area contributed by atoms with Crippen LogP contribution < -0.4 is 0 Å². The summed E-state index contributed by atoms with van der Waals surface area (Å²) in [6.07, 6.45) is 3.45. The van der Waals surface area contributed by atoms with Gasteiger partial charge in [0.1, 0.15) is 0 Å². The Hall–Kier alpha value is -1.39. The Balaban J connectivity index is 2.18. The van der Waals surface area contributed by atoms with Crippen molar-refractivity contribution >= 4 is 33.4 Å². The quantitative estimate of drug-likeness (QED) is 0.827. The third-order valence-electron chi connectivity index (χ3n) is 2.96. The topological polar surface area (TPSA) is 33.2 Å². The number of hydrogen-bond acceptors (Lipinski definition) is 2. The van der Waals surface area contributed by atoms with Crippen LogP contribution in [0.1, 0.15) is 22.8 Å². The number of carbonyl (C=O) groups excluding carboxylic acids is 1. The molecule has 0 saturated heterocycles. The number of aromatic nitrogens is 1. The van der Waals surface area contributed by atoms with Crippen molar-refractivity contribution in [3.8, 4) is 0 Å². The Morgan fingerprint density at radius 1 is 1.30 bits per heavy atom. The first-order valence-electron chi connectivity index (χ1n) is 6.25. The Morgan fingerprint density at radius 2 is 2.00 bits per heavy atom. The molecule has 20 heavy (non-hydrogen) atoms. The maximum atomic E-state index is 12.5. The van der Waals surface area contributed by atoms with Gasteiger partial charge in [-0.1, -0.05) is 11.6 Å². The number of hydrogen-bond donors (Lipinski definition) is 0. The molecule has 0 aliphatic rings. The van der Waals surface area contributed by atoms with Crippen LogP contribution in [-0.2, 0) is 6.54 Å². The van der Waals surface area contributed by atoms with Crippen LogP contribution >= 0.6 is 27.5 Å². The van der Waals surface area contributed by atoms with E-state index in [1.165, 1.54) is 0 Å². The lowest BCUT2D eigenvalue weighted by Crippen LogP contribution is -2.30. The predicted octanol–water partition coefficient (Wildman–Crippen LogP) is 4.16. The molecule has 0 bridgehead atoms. The summed E-state index contributed by atoms with van der Waals surface area (Å²) in [5.74, 6) is -0.0290. The van der Waals surface area contributed by atoms with Gasteiger partial charge in [0.25, 0.3) is 5.91 Å². The zero-order chi connectivity index (χ0) is 14.5. The molecule has 0 aliphatic heterocycles. The molecule has 1 aromatic carbocycles. The summed E-state index contributed by atoms with van der Waals surface area (Å²) in [7, 11) is 0. The summed E-state index contributed by atoms with van der Waals surface area (Å²) in [6, 6.07) is 9.06. The second-order valence-corrected chi connectivity index (χ2v) is 5.57. The molecule has 2 rings (SSSR count). The fourth-order valence-electron chi connectivity index (χ4n) is 1.85. The molecule has 0 spiro atoms. The second-order valence-electron chi connectivity index (χ2n) is 4.30. The largest absolute Gasteiger partial charge is 0.335 e. The van der Waals surface area contributed by atoms with E-state index in [-0.39, 0.29) is 5.91 Å². The number of rotatable bonds is 4. The van der Waals surface area contributed by atoms with Gasteiger partial charge in [-0.15, -0.1) is 0 Å². The van der Waals surface area contributed by atoms with E-state index in [1.807, 2.05) is 19.1 Å². The van der Waals surface area contributed by atoms with Crippen molar-refractivity contribution in [2.75, 3.05) is 6.54 Å². The summed E-state index contributed by atoms with van der Waals surface area (Å²) in [4.78, 5) is 18.2. The summed E-state index contributed by atoms with van der Waals surface area (Å²) in [6.45, 7) is 3.15. The van der Waals surface area contributed by atoms with E-state index < -0.39 is 0 Å². The lowest BCUT2D eigenvalue weighted by atomic mass is 10.1. The van der Waals surface area contributed by atoms with Gasteiger partial charge < -0.3 is 4.90 Å². The Bertz CT molecular complexity index is 604. The lowest BCUT2D eigenvalue weighted by Gasteiger charge is -2.21. The minimum absolute atomic E-state index is 0.0290. The Labute approximate surface area is 131 Å². The normalized spacial score (nSPS) is 10.3. The predicted molar refractivity (Wildman–Crippen MR) is 83.8 cm³/mol. The minimum Gasteiger partial charge on any atom is -0.335 e. The van der Waals surface area contributed by atoms with Gasteiger partial charge in [-0.3, -0.25) is 9.78 Å². The van der Waals surface area contributed by atoms with Crippen molar-refractivity contribution < 1.29 is 4.79 Å². The zero-order valence-corrected chi connectivity index (χ0v) is 13.4. The molecule has 0 aliphatic carbocycles. The molecular weight excluding hydrogens is 340 g/mol. The van der Waals surface area contributed by atoms with E-state index >= 15 is 0 Å². The number of amides is 1. The molecule has 2 aromatic rings. The van der Waals surface area contributed by atoms with Crippen molar-refractivity contribution in [3.63, 3.8) is 0 Å². The van der Waals surface area contributed by atoms with Crippen molar-refractivity contribution in [2.45, 2.75) is 13.5 Å². The van der Waals surface area contributed by atoms with Crippen molar-refractivity contribution in [1.82, 2.24) is 9.88 Å². The highest BCUT2D eigenvalue weighted by Crippen LogP contribution is 2.24. The molecule has 3 nitrogen and oxygen atoms in total. The molecule has 5 heteroatoms. The number of pyridine rings is 1. The van der Waals surface area contributed by atoms with Crippen LogP contribution in [0.4, 0.5) is 0 Å². The first kappa shape index (κ1) is 15.0. The molecule has 0 saturated carbocycles. The first-order valence-corrected chi connectivity index (χ1v) is 7.42. The van der Waals surface area contributed by atoms with Gasteiger partial charge in [0.15, 0.2) is 0 Å². The monoisotopic (exact) mass is 352 g/mol. The highest BCUT2D eigenvalue weighted by molar-refractivity contribution is 9.10. The molecule has 0 atom stereocenters. The molecule has 0 radical (unpaired) electrons. The Kier molecular flexibility index (Phi) is 5.15. The summed E-state index contributed by atoms with van der Waals surface area (Å²) >= 11 is 9.36. The lowest BCUT2D eigenvalue weighted by molar-refractivity contribution is 0.0752. The summed E-state index contributed by atoms with van der Waals surface area (Å²) in [5.41, 5.74) is 1.65. The van der Waals surface area contributed by atoms with Crippen LogP contribution in [0.2, 0.25) is 5.02 Å². The molecule has 0 N–H and O–H groups in total. The minimum atomic E-state index is -0.0290.